The number of H-pyrrole nitrogens is 1. The molecule has 1 aromatic heterocycles. The number of rotatable bonds is 9. The predicted molar refractivity (Wildman–Crippen MR) is 94.0 cm³/mol. The normalized spacial score (nSPS) is 27.8. The third kappa shape index (κ3) is 7.17. The smallest absolute Gasteiger partial charge is 0.388 e. The summed E-state index contributed by atoms with van der Waals surface area (Å²) in [5.74, 6) is 0. The Balaban J connectivity index is 2.17. The third-order valence-electron chi connectivity index (χ3n) is 3.47. The Labute approximate surface area is 169 Å². The molecule has 19 nitrogen and oxygen atoms in total. The molecule has 0 bridgehead atoms. The SMILES string of the molecule is [N-]=[N+]=N[C@H]1[C@@H](O)[C@H](n2ccc(=O)[nH]c2=O)O[C@@H]1COP(=O)(O)OP(=O)(O)OP(=O)(O)O. The molecular weight excluding hydrogens is 495 g/mol. The lowest BCUT2D eigenvalue weighted by Gasteiger charge is -2.19. The van der Waals surface area contributed by atoms with Gasteiger partial charge in [-0.1, -0.05) is 5.11 Å². The first-order valence-electron chi connectivity index (χ1n) is 7.62. The molecule has 1 aliphatic rings. The van der Waals surface area contributed by atoms with Crippen LogP contribution in [0.3, 0.4) is 0 Å². The fourth-order valence-corrected chi connectivity index (χ4v) is 5.43. The zero-order chi connectivity index (χ0) is 23.6. The molecule has 0 saturated carbocycles. The van der Waals surface area contributed by atoms with Gasteiger partial charge in [0.05, 0.1) is 18.8 Å². The fourth-order valence-electron chi connectivity index (χ4n) is 2.40. The van der Waals surface area contributed by atoms with E-state index in [-0.39, 0.29) is 0 Å². The average molecular weight is 509 g/mol. The highest BCUT2D eigenvalue weighted by Gasteiger charge is 2.47. The standard InChI is InChI=1S/C9H14N5O14P3/c10-13-12-6-4(3-25-30(21,22)28-31(23,24)27-29(18,19)20)26-8(7(6)16)14-2-1-5(15)11-9(14)17/h1-2,4,6-8,16H,3H2,(H,21,22)(H,23,24)(H,11,15,17)(H2,18,19,20)/t4-,6-,7-,8-/m1/s1. The van der Waals surface area contributed by atoms with Crippen molar-refractivity contribution in [3.63, 3.8) is 0 Å². The lowest BCUT2D eigenvalue weighted by molar-refractivity contribution is -0.0525. The van der Waals surface area contributed by atoms with E-state index in [4.69, 9.17) is 24.9 Å². The molecule has 2 heterocycles. The Morgan fingerprint density at radius 1 is 1.19 bits per heavy atom. The molecule has 1 saturated heterocycles. The summed E-state index contributed by atoms with van der Waals surface area (Å²) in [5, 5.41) is 13.5. The molecule has 2 rings (SSSR count). The van der Waals surface area contributed by atoms with Gasteiger partial charge in [-0.25, -0.2) is 18.5 Å². The maximum atomic E-state index is 11.9. The number of aliphatic hydroxyl groups excluding tert-OH is 1. The summed E-state index contributed by atoms with van der Waals surface area (Å²) in [7, 11) is -16.9. The van der Waals surface area contributed by atoms with Gasteiger partial charge in [-0.2, -0.15) is 8.62 Å². The van der Waals surface area contributed by atoms with Gasteiger partial charge in [0, 0.05) is 17.2 Å². The maximum absolute atomic E-state index is 11.9. The van der Waals surface area contributed by atoms with Crippen molar-refractivity contribution in [3.8, 4) is 0 Å². The molecule has 0 radical (unpaired) electrons. The van der Waals surface area contributed by atoms with Gasteiger partial charge in [0.25, 0.3) is 5.56 Å². The Kier molecular flexibility index (Phi) is 7.79. The number of nitrogens with zero attached hydrogens (tertiary/aromatic N) is 4. The molecule has 0 aromatic carbocycles. The van der Waals surface area contributed by atoms with E-state index >= 15 is 0 Å². The van der Waals surface area contributed by atoms with Gasteiger partial charge in [0.1, 0.15) is 6.10 Å². The second kappa shape index (κ2) is 9.44. The maximum Gasteiger partial charge on any atom is 0.490 e. The summed E-state index contributed by atoms with van der Waals surface area (Å²) < 4.78 is 51.1. The summed E-state index contributed by atoms with van der Waals surface area (Å²) >= 11 is 0. The molecule has 1 aromatic rings. The first-order chi connectivity index (χ1) is 14.1. The van der Waals surface area contributed by atoms with E-state index < -0.39 is 65.8 Å². The summed E-state index contributed by atoms with van der Waals surface area (Å²) in [4.78, 5) is 62.9. The number of hydrogen-bond acceptors (Lipinski definition) is 11. The van der Waals surface area contributed by atoms with E-state index in [1.807, 2.05) is 4.98 Å². The van der Waals surface area contributed by atoms with Crippen LogP contribution in [0, 0.1) is 0 Å². The van der Waals surface area contributed by atoms with Crippen LogP contribution in [-0.4, -0.2) is 59.1 Å². The Bertz CT molecular complexity index is 1120. The van der Waals surface area contributed by atoms with Crippen molar-refractivity contribution in [2.45, 2.75) is 24.5 Å². The first kappa shape index (κ1) is 25.6. The predicted octanol–water partition coefficient (Wildman–Crippen LogP) is -1.18. The number of aromatic nitrogens is 2. The third-order valence-corrected chi connectivity index (χ3v) is 7.27. The average Bonchev–Trinajstić information content (AvgIpc) is 2.87. The number of nitrogens with one attached hydrogen (secondary N) is 1. The molecule has 174 valence electrons. The molecule has 31 heavy (non-hydrogen) atoms. The van der Waals surface area contributed by atoms with E-state index in [0.717, 1.165) is 16.8 Å². The van der Waals surface area contributed by atoms with Gasteiger partial charge >= 0.3 is 29.2 Å². The van der Waals surface area contributed by atoms with Crippen LogP contribution < -0.4 is 11.2 Å². The van der Waals surface area contributed by atoms with Crippen LogP contribution in [0.15, 0.2) is 27.0 Å². The van der Waals surface area contributed by atoms with Crippen molar-refractivity contribution in [1.29, 1.82) is 0 Å². The number of aromatic amines is 1. The highest BCUT2D eigenvalue weighted by Crippen LogP contribution is 2.66. The molecule has 0 spiro atoms. The number of ether oxygens (including phenoxy) is 1. The van der Waals surface area contributed by atoms with Crippen molar-refractivity contribution in [1.82, 2.24) is 9.55 Å². The number of aliphatic hydroxyl groups is 1. The van der Waals surface area contributed by atoms with Crippen molar-refractivity contribution in [2.24, 2.45) is 5.11 Å². The quantitative estimate of drug-likeness (QED) is 0.0988. The van der Waals surface area contributed by atoms with Gasteiger partial charge in [0.15, 0.2) is 6.23 Å². The first-order valence-corrected chi connectivity index (χ1v) is 12.1. The van der Waals surface area contributed by atoms with Gasteiger partial charge in [-0.05, 0) is 5.53 Å². The van der Waals surface area contributed by atoms with E-state index in [2.05, 4.69) is 23.2 Å². The lowest BCUT2D eigenvalue weighted by Crippen LogP contribution is -2.37. The summed E-state index contributed by atoms with van der Waals surface area (Å²) in [5.41, 5.74) is 6.88. The highest BCUT2D eigenvalue weighted by molar-refractivity contribution is 7.66. The van der Waals surface area contributed by atoms with Crippen LogP contribution in [0.5, 0.6) is 0 Å². The fraction of sp³-hybridized carbons (Fsp3) is 0.556. The lowest BCUT2D eigenvalue weighted by atomic mass is 10.1. The van der Waals surface area contributed by atoms with E-state index in [1.54, 1.807) is 0 Å². The molecule has 1 aliphatic heterocycles. The summed E-state index contributed by atoms with van der Waals surface area (Å²) in [6, 6.07) is -0.597. The molecular formula is C9H14N5O14P3. The second-order valence-electron chi connectivity index (χ2n) is 5.66. The van der Waals surface area contributed by atoms with Crippen molar-refractivity contribution >= 4 is 23.5 Å². The zero-order valence-corrected chi connectivity index (χ0v) is 17.4. The van der Waals surface area contributed by atoms with Crippen molar-refractivity contribution in [3.05, 3.63) is 43.5 Å². The Morgan fingerprint density at radius 3 is 2.39 bits per heavy atom. The second-order valence-corrected chi connectivity index (χ2v) is 10.1. The Hall–Kier alpha value is -1.68. The topological polar surface area (TPSA) is 293 Å². The molecule has 2 unspecified atom stereocenters. The highest BCUT2D eigenvalue weighted by atomic mass is 31.3. The molecule has 6 N–H and O–H groups in total. The molecule has 22 heteroatoms. The minimum Gasteiger partial charge on any atom is -0.388 e. The van der Waals surface area contributed by atoms with Crippen molar-refractivity contribution < 1.29 is 56.3 Å². The number of azide groups is 1. The van der Waals surface area contributed by atoms with Crippen LogP contribution in [0.25, 0.3) is 10.4 Å². The van der Waals surface area contributed by atoms with Crippen LogP contribution in [0.1, 0.15) is 6.23 Å². The number of phosphoric acid groups is 3. The molecule has 0 aliphatic carbocycles. The van der Waals surface area contributed by atoms with E-state index in [9.17, 15) is 33.3 Å². The Morgan fingerprint density at radius 2 is 1.84 bits per heavy atom. The van der Waals surface area contributed by atoms with E-state index in [0.29, 0.717) is 0 Å². The van der Waals surface area contributed by atoms with Crippen LogP contribution >= 0.6 is 23.5 Å². The summed E-state index contributed by atoms with van der Waals surface area (Å²) in [6.45, 7) is -1.04. The van der Waals surface area contributed by atoms with Gasteiger partial charge < -0.3 is 29.4 Å². The van der Waals surface area contributed by atoms with Crippen LogP contribution in [0.4, 0.5) is 0 Å². The van der Waals surface area contributed by atoms with E-state index in [1.165, 1.54) is 0 Å². The molecule has 0 amide bonds. The monoisotopic (exact) mass is 509 g/mol. The van der Waals surface area contributed by atoms with Gasteiger partial charge in [0.2, 0.25) is 0 Å². The molecule has 6 atom stereocenters. The largest absolute Gasteiger partial charge is 0.490 e. The minimum absolute atomic E-state index is 0.719. The number of hydrogen-bond donors (Lipinski definition) is 6. The minimum atomic E-state index is -5.76. The number of phosphoric ester groups is 1. The van der Waals surface area contributed by atoms with Crippen LogP contribution in [0.2, 0.25) is 0 Å². The summed E-state index contributed by atoms with van der Waals surface area (Å²) in [6.07, 6.45) is -3.84. The van der Waals surface area contributed by atoms with Crippen molar-refractivity contribution in [2.75, 3.05) is 6.61 Å². The van der Waals surface area contributed by atoms with Gasteiger partial charge in [-0.3, -0.25) is 18.9 Å². The zero-order valence-electron chi connectivity index (χ0n) is 14.7. The van der Waals surface area contributed by atoms with Crippen LogP contribution in [-0.2, 0) is 31.6 Å². The van der Waals surface area contributed by atoms with Gasteiger partial charge in [-0.15, -0.1) is 0 Å². The molecule has 1 fully saturated rings.